The summed E-state index contributed by atoms with van der Waals surface area (Å²) in [5.74, 6) is -0.135. The van der Waals surface area contributed by atoms with Crippen LogP contribution in [0.1, 0.15) is 5.56 Å². The number of benzene rings is 2. The maximum atomic E-state index is 11.9. The summed E-state index contributed by atoms with van der Waals surface area (Å²) in [5, 5.41) is 13.8. The molecule has 0 saturated carbocycles. The SMILES string of the molecule is Cc1ccc(NC(=O)COc2ccccc2Cl)c([N+](=O)[O-])c1. The first-order chi connectivity index (χ1) is 10.5. The van der Waals surface area contributed by atoms with Gasteiger partial charge in [-0.2, -0.15) is 0 Å². The summed E-state index contributed by atoms with van der Waals surface area (Å²) in [5.41, 5.74) is 0.700. The minimum Gasteiger partial charge on any atom is -0.482 e. The van der Waals surface area contributed by atoms with Crippen molar-refractivity contribution < 1.29 is 14.5 Å². The standard InChI is InChI=1S/C15H13ClN2O4/c1-10-6-7-12(13(8-10)18(20)21)17-15(19)9-22-14-5-3-2-4-11(14)16/h2-8H,9H2,1H3,(H,17,19). The van der Waals surface area contributed by atoms with E-state index in [0.29, 0.717) is 10.8 Å². The Morgan fingerprint density at radius 2 is 2.05 bits per heavy atom. The van der Waals surface area contributed by atoms with Crippen LogP contribution < -0.4 is 10.1 Å². The Morgan fingerprint density at radius 1 is 1.32 bits per heavy atom. The number of para-hydroxylation sites is 1. The molecule has 0 aliphatic rings. The van der Waals surface area contributed by atoms with Crippen molar-refractivity contribution in [1.29, 1.82) is 0 Å². The summed E-state index contributed by atoms with van der Waals surface area (Å²) >= 11 is 5.91. The third kappa shape index (κ3) is 3.95. The predicted molar refractivity (Wildman–Crippen MR) is 83.4 cm³/mol. The van der Waals surface area contributed by atoms with Gasteiger partial charge in [0.25, 0.3) is 11.6 Å². The maximum absolute atomic E-state index is 11.9. The number of carbonyl (C=O) groups excluding carboxylic acids is 1. The van der Waals surface area contributed by atoms with Crippen LogP contribution in [0.3, 0.4) is 0 Å². The number of rotatable bonds is 5. The van der Waals surface area contributed by atoms with Crippen LogP contribution in [-0.2, 0) is 4.79 Å². The van der Waals surface area contributed by atoms with Gasteiger partial charge in [0.15, 0.2) is 6.61 Å². The molecule has 0 unspecified atom stereocenters. The number of hydrogen-bond donors (Lipinski definition) is 1. The molecular formula is C15H13ClN2O4. The van der Waals surface area contributed by atoms with E-state index in [-0.39, 0.29) is 18.0 Å². The number of ether oxygens (including phenoxy) is 1. The number of nitro benzene ring substituents is 1. The van der Waals surface area contributed by atoms with E-state index in [2.05, 4.69) is 5.32 Å². The monoisotopic (exact) mass is 320 g/mol. The van der Waals surface area contributed by atoms with E-state index in [1.54, 1.807) is 37.3 Å². The highest BCUT2D eigenvalue weighted by Gasteiger charge is 2.16. The molecule has 7 heteroatoms. The normalized spacial score (nSPS) is 10.1. The molecule has 0 fully saturated rings. The predicted octanol–water partition coefficient (Wildman–Crippen LogP) is 3.57. The zero-order chi connectivity index (χ0) is 16.1. The van der Waals surface area contributed by atoms with Gasteiger partial charge in [0.2, 0.25) is 0 Å². The van der Waals surface area contributed by atoms with Gasteiger partial charge in [0.05, 0.1) is 9.95 Å². The molecule has 0 aliphatic carbocycles. The van der Waals surface area contributed by atoms with Crippen LogP contribution in [0.4, 0.5) is 11.4 Å². The molecule has 6 nitrogen and oxygen atoms in total. The van der Waals surface area contributed by atoms with Crippen molar-refractivity contribution in [2.24, 2.45) is 0 Å². The van der Waals surface area contributed by atoms with Crippen LogP contribution in [0, 0.1) is 17.0 Å². The van der Waals surface area contributed by atoms with Gasteiger partial charge in [-0.25, -0.2) is 0 Å². The Morgan fingerprint density at radius 3 is 2.73 bits per heavy atom. The van der Waals surface area contributed by atoms with Gasteiger partial charge >= 0.3 is 0 Å². The lowest BCUT2D eigenvalue weighted by Gasteiger charge is -2.09. The molecule has 0 heterocycles. The number of nitrogens with one attached hydrogen (secondary N) is 1. The lowest BCUT2D eigenvalue weighted by molar-refractivity contribution is -0.384. The van der Waals surface area contributed by atoms with Crippen molar-refractivity contribution in [3.63, 3.8) is 0 Å². The first kappa shape index (κ1) is 15.8. The average Bonchev–Trinajstić information content (AvgIpc) is 2.48. The van der Waals surface area contributed by atoms with Crippen LogP contribution in [0.5, 0.6) is 5.75 Å². The third-order valence-corrected chi connectivity index (χ3v) is 3.13. The van der Waals surface area contributed by atoms with Gasteiger partial charge in [0, 0.05) is 6.07 Å². The number of nitro groups is 1. The molecule has 1 amide bonds. The molecule has 2 aromatic carbocycles. The first-order valence-corrected chi connectivity index (χ1v) is 6.77. The van der Waals surface area contributed by atoms with Crippen molar-refractivity contribution in [3.05, 3.63) is 63.2 Å². The molecule has 114 valence electrons. The lowest BCUT2D eigenvalue weighted by Crippen LogP contribution is -2.20. The number of halogens is 1. The molecule has 0 saturated heterocycles. The Kier molecular flexibility index (Phi) is 4.95. The lowest BCUT2D eigenvalue weighted by atomic mass is 10.2. The van der Waals surface area contributed by atoms with Crippen molar-refractivity contribution >= 4 is 28.9 Å². The van der Waals surface area contributed by atoms with Gasteiger partial charge in [-0.05, 0) is 30.7 Å². The van der Waals surface area contributed by atoms with Crippen LogP contribution in [0.25, 0.3) is 0 Å². The highest BCUT2D eigenvalue weighted by Crippen LogP contribution is 2.26. The summed E-state index contributed by atoms with van der Waals surface area (Å²) in [4.78, 5) is 22.3. The number of carbonyl (C=O) groups is 1. The fourth-order valence-electron chi connectivity index (χ4n) is 1.79. The van der Waals surface area contributed by atoms with Crippen LogP contribution in [0.2, 0.25) is 5.02 Å². The number of nitrogens with zero attached hydrogens (tertiary/aromatic N) is 1. The Balaban J connectivity index is 2.04. The topological polar surface area (TPSA) is 81.5 Å². The second kappa shape index (κ2) is 6.91. The van der Waals surface area contributed by atoms with Gasteiger partial charge in [0.1, 0.15) is 11.4 Å². The minimum atomic E-state index is -0.544. The van der Waals surface area contributed by atoms with Gasteiger partial charge in [-0.3, -0.25) is 14.9 Å². The maximum Gasteiger partial charge on any atom is 0.293 e. The zero-order valence-electron chi connectivity index (χ0n) is 11.7. The van der Waals surface area contributed by atoms with Crippen molar-refractivity contribution in [2.75, 3.05) is 11.9 Å². The van der Waals surface area contributed by atoms with E-state index in [1.807, 2.05) is 0 Å². The summed E-state index contributed by atoms with van der Waals surface area (Å²) in [6.45, 7) is 1.44. The molecular weight excluding hydrogens is 308 g/mol. The first-order valence-electron chi connectivity index (χ1n) is 6.39. The smallest absolute Gasteiger partial charge is 0.293 e. The van der Waals surface area contributed by atoms with E-state index in [9.17, 15) is 14.9 Å². The van der Waals surface area contributed by atoms with Crippen molar-refractivity contribution in [3.8, 4) is 5.75 Å². The van der Waals surface area contributed by atoms with Crippen molar-refractivity contribution in [1.82, 2.24) is 0 Å². The molecule has 22 heavy (non-hydrogen) atoms. The Hall–Kier alpha value is -2.60. The zero-order valence-corrected chi connectivity index (χ0v) is 12.5. The summed E-state index contributed by atoms with van der Waals surface area (Å²) in [7, 11) is 0. The van der Waals surface area contributed by atoms with Gasteiger partial charge in [-0.1, -0.05) is 29.8 Å². The van der Waals surface area contributed by atoms with E-state index < -0.39 is 10.8 Å². The van der Waals surface area contributed by atoms with E-state index in [1.165, 1.54) is 12.1 Å². The van der Waals surface area contributed by atoms with E-state index in [4.69, 9.17) is 16.3 Å². The number of hydrogen-bond acceptors (Lipinski definition) is 4. The number of amides is 1. The average molecular weight is 321 g/mol. The van der Waals surface area contributed by atoms with Gasteiger partial charge < -0.3 is 10.1 Å². The Labute approximate surface area is 131 Å². The highest BCUT2D eigenvalue weighted by atomic mass is 35.5. The molecule has 0 spiro atoms. The summed E-state index contributed by atoms with van der Waals surface area (Å²) in [6, 6.07) is 11.3. The van der Waals surface area contributed by atoms with E-state index >= 15 is 0 Å². The molecule has 0 bridgehead atoms. The number of aryl methyl sites for hydroxylation is 1. The van der Waals surface area contributed by atoms with E-state index in [0.717, 1.165) is 5.56 Å². The van der Waals surface area contributed by atoms with Gasteiger partial charge in [-0.15, -0.1) is 0 Å². The quantitative estimate of drug-likeness (QED) is 0.674. The molecule has 0 aromatic heterocycles. The fraction of sp³-hybridized carbons (Fsp3) is 0.133. The molecule has 0 aliphatic heterocycles. The fourth-order valence-corrected chi connectivity index (χ4v) is 1.98. The molecule has 2 aromatic rings. The van der Waals surface area contributed by atoms with Crippen LogP contribution in [-0.4, -0.2) is 17.4 Å². The molecule has 1 N–H and O–H groups in total. The molecule has 0 radical (unpaired) electrons. The second-order valence-electron chi connectivity index (χ2n) is 4.54. The van der Waals surface area contributed by atoms with Crippen molar-refractivity contribution in [2.45, 2.75) is 6.92 Å². The molecule has 0 atom stereocenters. The summed E-state index contributed by atoms with van der Waals surface area (Å²) in [6.07, 6.45) is 0. The number of anilines is 1. The minimum absolute atomic E-state index is 0.128. The third-order valence-electron chi connectivity index (χ3n) is 2.82. The highest BCUT2D eigenvalue weighted by molar-refractivity contribution is 6.32. The second-order valence-corrected chi connectivity index (χ2v) is 4.95. The summed E-state index contributed by atoms with van der Waals surface area (Å²) < 4.78 is 5.28. The van der Waals surface area contributed by atoms with Crippen LogP contribution in [0.15, 0.2) is 42.5 Å². The van der Waals surface area contributed by atoms with Crippen LogP contribution >= 0.6 is 11.6 Å². The largest absolute Gasteiger partial charge is 0.482 e. The Bertz CT molecular complexity index is 718. The molecule has 2 rings (SSSR count).